The average molecular weight is 490 g/mol. The SMILES string of the molecule is C[C@@H]1CN(C(=O)Cc2cccc(C3=CCC(C)(C)CC3)c2)C[C@H](C)N1Cc1ccc(C(=O)NO)cc1. The van der Waals surface area contributed by atoms with Gasteiger partial charge in [0.2, 0.25) is 5.91 Å². The molecule has 0 unspecified atom stereocenters. The Hall–Kier alpha value is -2.96. The molecule has 6 heteroatoms. The van der Waals surface area contributed by atoms with Crippen molar-refractivity contribution >= 4 is 17.4 Å². The normalized spacial score (nSPS) is 22.1. The molecule has 6 nitrogen and oxygen atoms in total. The van der Waals surface area contributed by atoms with Crippen LogP contribution in [0.2, 0.25) is 0 Å². The minimum atomic E-state index is -0.514. The van der Waals surface area contributed by atoms with Gasteiger partial charge < -0.3 is 4.90 Å². The maximum absolute atomic E-state index is 13.3. The van der Waals surface area contributed by atoms with Crippen LogP contribution in [0.15, 0.2) is 54.6 Å². The topological polar surface area (TPSA) is 72.9 Å². The Balaban J connectivity index is 1.36. The van der Waals surface area contributed by atoms with Gasteiger partial charge in [-0.25, -0.2) is 5.48 Å². The standard InChI is InChI=1S/C30H39N3O3/c1-21-18-32(19-22(2)33(21)20-23-8-10-26(11-9-23)29(35)31-36)28(34)17-24-6-5-7-27(16-24)25-12-14-30(3,4)15-13-25/h5-12,16,21-22,36H,13-15,17-20H2,1-4H3,(H,31,35)/t21-,22+. The minimum Gasteiger partial charge on any atom is -0.339 e. The highest BCUT2D eigenvalue weighted by Crippen LogP contribution is 2.38. The van der Waals surface area contributed by atoms with Crippen LogP contribution in [0.3, 0.4) is 0 Å². The zero-order chi connectivity index (χ0) is 25.9. The lowest BCUT2D eigenvalue weighted by molar-refractivity contribution is -0.135. The van der Waals surface area contributed by atoms with Crippen LogP contribution in [-0.2, 0) is 17.8 Å². The first kappa shape index (κ1) is 26.1. The summed E-state index contributed by atoms with van der Waals surface area (Å²) in [5, 5.41) is 8.80. The van der Waals surface area contributed by atoms with E-state index in [2.05, 4.69) is 62.9 Å². The Bertz CT molecular complexity index is 1110. The lowest BCUT2D eigenvalue weighted by Gasteiger charge is -2.44. The molecule has 192 valence electrons. The van der Waals surface area contributed by atoms with Crippen LogP contribution in [0.5, 0.6) is 0 Å². The van der Waals surface area contributed by atoms with Crippen molar-refractivity contribution in [1.29, 1.82) is 0 Å². The molecule has 0 bridgehead atoms. The van der Waals surface area contributed by atoms with Gasteiger partial charge in [0.25, 0.3) is 5.91 Å². The number of piperazine rings is 1. The summed E-state index contributed by atoms with van der Waals surface area (Å²) in [6, 6.07) is 16.2. The fraction of sp³-hybridized carbons (Fsp3) is 0.467. The zero-order valence-electron chi connectivity index (χ0n) is 22.0. The number of carbonyl (C=O) groups is 2. The van der Waals surface area contributed by atoms with Gasteiger partial charge in [-0.15, -0.1) is 0 Å². The third kappa shape index (κ3) is 6.23. The van der Waals surface area contributed by atoms with Gasteiger partial charge in [0.05, 0.1) is 6.42 Å². The summed E-state index contributed by atoms with van der Waals surface area (Å²) in [7, 11) is 0. The quantitative estimate of drug-likeness (QED) is 0.439. The number of allylic oxidation sites excluding steroid dienone is 2. The molecule has 2 aromatic rings. The van der Waals surface area contributed by atoms with Crippen molar-refractivity contribution in [3.63, 3.8) is 0 Å². The fourth-order valence-corrected chi connectivity index (χ4v) is 5.42. The van der Waals surface area contributed by atoms with Crippen LogP contribution in [0.1, 0.15) is 74.0 Å². The molecule has 1 heterocycles. The van der Waals surface area contributed by atoms with Crippen LogP contribution < -0.4 is 5.48 Å². The second-order valence-electron chi connectivity index (χ2n) is 11.3. The number of hydroxylamine groups is 1. The van der Waals surface area contributed by atoms with E-state index < -0.39 is 5.91 Å². The van der Waals surface area contributed by atoms with E-state index in [4.69, 9.17) is 5.21 Å². The van der Waals surface area contributed by atoms with E-state index in [1.165, 1.54) is 17.6 Å². The van der Waals surface area contributed by atoms with E-state index in [0.29, 0.717) is 30.5 Å². The summed E-state index contributed by atoms with van der Waals surface area (Å²) in [4.78, 5) is 29.2. The number of benzene rings is 2. The number of nitrogens with zero attached hydrogens (tertiary/aromatic N) is 2. The Morgan fingerprint density at radius 3 is 2.33 bits per heavy atom. The van der Waals surface area contributed by atoms with E-state index in [-0.39, 0.29) is 18.0 Å². The summed E-state index contributed by atoms with van der Waals surface area (Å²) in [5.74, 6) is -0.330. The van der Waals surface area contributed by atoms with Gasteiger partial charge in [-0.1, -0.05) is 56.3 Å². The maximum atomic E-state index is 13.3. The highest BCUT2D eigenvalue weighted by Gasteiger charge is 2.32. The molecule has 1 fully saturated rings. The van der Waals surface area contributed by atoms with Crippen molar-refractivity contribution in [2.45, 2.75) is 72.0 Å². The van der Waals surface area contributed by atoms with Crippen LogP contribution in [0.4, 0.5) is 0 Å². The first-order valence-electron chi connectivity index (χ1n) is 13.0. The minimum absolute atomic E-state index is 0.184. The molecule has 4 rings (SSSR count). The molecule has 1 saturated heterocycles. The lowest BCUT2D eigenvalue weighted by Crippen LogP contribution is -2.57. The van der Waals surface area contributed by atoms with Gasteiger partial charge in [-0.2, -0.15) is 0 Å². The summed E-state index contributed by atoms with van der Waals surface area (Å²) in [6.45, 7) is 11.1. The van der Waals surface area contributed by atoms with Crippen molar-refractivity contribution in [2.24, 2.45) is 5.41 Å². The molecule has 2 atom stereocenters. The monoisotopic (exact) mass is 489 g/mol. The van der Waals surface area contributed by atoms with E-state index >= 15 is 0 Å². The zero-order valence-corrected chi connectivity index (χ0v) is 22.0. The molecule has 36 heavy (non-hydrogen) atoms. The van der Waals surface area contributed by atoms with Crippen LogP contribution >= 0.6 is 0 Å². The van der Waals surface area contributed by atoms with Crippen molar-refractivity contribution in [1.82, 2.24) is 15.3 Å². The Morgan fingerprint density at radius 1 is 1.03 bits per heavy atom. The summed E-state index contributed by atoms with van der Waals surface area (Å²) in [5.41, 5.74) is 7.31. The summed E-state index contributed by atoms with van der Waals surface area (Å²) >= 11 is 0. The molecule has 0 radical (unpaired) electrons. The molecular formula is C30H39N3O3. The summed E-state index contributed by atoms with van der Waals surface area (Å²) < 4.78 is 0. The predicted octanol–water partition coefficient (Wildman–Crippen LogP) is 5.06. The molecule has 0 spiro atoms. The highest BCUT2D eigenvalue weighted by atomic mass is 16.5. The van der Waals surface area contributed by atoms with Gasteiger partial charge in [0.15, 0.2) is 0 Å². The Kier molecular flexibility index (Phi) is 7.96. The Labute approximate surface area is 214 Å². The molecule has 2 N–H and O–H groups in total. The number of nitrogens with one attached hydrogen (secondary N) is 1. The Morgan fingerprint density at radius 2 is 1.72 bits per heavy atom. The molecule has 1 aliphatic heterocycles. The van der Waals surface area contributed by atoms with Crippen molar-refractivity contribution in [3.8, 4) is 0 Å². The highest BCUT2D eigenvalue weighted by molar-refractivity contribution is 5.93. The predicted molar refractivity (Wildman–Crippen MR) is 142 cm³/mol. The van der Waals surface area contributed by atoms with Crippen molar-refractivity contribution in [2.75, 3.05) is 13.1 Å². The van der Waals surface area contributed by atoms with E-state index in [1.807, 2.05) is 17.0 Å². The smallest absolute Gasteiger partial charge is 0.274 e. The molecule has 1 aliphatic carbocycles. The second kappa shape index (κ2) is 11.0. The third-order valence-corrected chi connectivity index (χ3v) is 7.76. The third-order valence-electron chi connectivity index (χ3n) is 7.76. The number of amides is 2. The molecule has 2 aromatic carbocycles. The van der Waals surface area contributed by atoms with Gasteiger partial charge in [-0.3, -0.25) is 19.7 Å². The van der Waals surface area contributed by atoms with Crippen LogP contribution in [0.25, 0.3) is 5.57 Å². The van der Waals surface area contributed by atoms with Gasteiger partial charge in [-0.05, 0) is 72.9 Å². The lowest BCUT2D eigenvalue weighted by atomic mass is 9.77. The molecule has 2 aliphatic rings. The maximum Gasteiger partial charge on any atom is 0.274 e. The fourth-order valence-electron chi connectivity index (χ4n) is 5.42. The second-order valence-corrected chi connectivity index (χ2v) is 11.3. The van der Waals surface area contributed by atoms with Gasteiger partial charge in [0.1, 0.15) is 0 Å². The summed E-state index contributed by atoms with van der Waals surface area (Å²) in [6.07, 6.45) is 6.21. The van der Waals surface area contributed by atoms with Gasteiger partial charge >= 0.3 is 0 Å². The number of carbonyl (C=O) groups excluding carboxylic acids is 2. The molecular weight excluding hydrogens is 450 g/mol. The number of hydrogen-bond acceptors (Lipinski definition) is 4. The first-order valence-corrected chi connectivity index (χ1v) is 13.0. The van der Waals surface area contributed by atoms with E-state index in [0.717, 1.165) is 30.5 Å². The van der Waals surface area contributed by atoms with E-state index in [1.54, 1.807) is 17.6 Å². The first-order chi connectivity index (χ1) is 17.1. The number of rotatable bonds is 6. The van der Waals surface area contributed by atoms with Gasteiger partial charge in [0, 0.05) is 37.3 Å². The van der Waals surface area contributed by atoms with Crippen molar-refractivity contribution < 1.29 is 14.8 Å². The van der Waals surface area contributed by atoms with Crippen LogP contribution in [0, 0.1) is 5.41 Å². The number of hydrogen-bond donors (Lipinski definition) is 2. The van der Waals surface area contributed by atoms with E-state index in [9.17, 15) is 9.59 Å². The molecule has 0 aromatic heterocycles. The largest absolute Gasteiger partial charge is 0.339 e. The average Bonchev–Trinajstić information content (AvgIpc) is 2.86. The molecule has 0 saturated carbocycles. The van der Waals surface area contributed by atoms with Crippen LogP contribution in [-0.4, -0.2) is 52.0 Å². The van der Waals surface area contributed by atoms with Crippen molar-refractivity contribution in [3.05, 3.63) is 76.9 Å². The molecule has 2 amide bonds.